The number of hydrogen-bond acceptors (Lipinski definition) is 2. The van der Waals surface area contributed by atoms with Crippen molar-refractivity contribution in [3.05, 3.63) is 57.6 Å². The monoisotopic (exact) mass is 447 g/mol. The van der Waals surface area contributed by atoms with Gasteiger partial charge in [-0.3, -0.25) is 9.69 Å². The first-order valence-electron chi connectivity index (χ1n) is 9.49. The standard InChI is InChI=1S/C21H22Cl2F3NO2/c22-17-5-6-18(23)15(11-17)12-27-8-7-13(10-20(28)29)9-19(27)14-1-3-16(4-2-14)21(24,25)26/h1,3-6,11,13-14,19H,2,7-10,12H2,(H,28,29)/t13-,14?,19+/m0/s1. The van der Waals surface area contributed by atoms with Crippen molar-refractivity contribution >= 4 is 29.2 Å². The van der Waals surface area contributed by atoms with Crippen molar-refractivity contribution in [2.24, 2.45) is 11.8 Å². The predicted molar refractivity (Wildman–Crippen MR) is 107 cm³/mol. The lowest BCUT2D eigenvalue weighted by molar-refractivity contribution is -0.138. The smallest absolute Gasteiger partial charge is 0.416 e. The first-order chi connectivity index (χ1) is 13.6. The van der Waals surface area contributed by atoms with Crippen LogP contribution in [0.25, 0.3) is 0 Å². The highest BCUT2D eigenvalue weighted by Crippen LogP contribution is 2.38. The second-order valence-corrected chi connectivity index (χ2v) is 8.52. The normalized spacial score (nSPS) is 25.7. The van der Waals surface area contributed by atoms with E-state index in [9.17, 15) is 18.0 Å². The number of carboxylic acids is 1. The summed E-state index contributed by atoms with van der Waals surface area (Å²) in [6.07, 6.45) is 1.32. The van der Waals surface area contributed by atoms with E-state index in [1.807, 2.05) is 0 Å². The third-order valence-electron chi connectivity index (χ3n) is 5.67. The van der Waals surface area contributed by atoms with Crippen LogP contribution in [0.3, 0.4) is 0 Å². The van der Waals surface area contributed by atoms with Crippen LogP contribution in [0.5, 0.6) is 0 Å². The number of halogens is 5. The van der Waals surface area contributed by atoms with E-state index in [1.165, 1.54) is 6.08 Å². The van der Waals surface area contributed by atoms with Gasteiger partial charge in [0.2, 0.25) is 0 Å². The number of hydrogen-bond donors (Lipinski definition) is 1. The Hall–Kier alpha value is -1.50. The zero-order valence-corrected chi connectivity index (χ0v) is 17.1. The number of benzene rings is 1. The molecule has 158 valence electrons. The van der Waals surface area contributed by atoms with Crippen LogP contribution in [0, 0.1) is 11.8 Å². The Morgan fingerprint density at radius 1 is 1.28 bits per heavy atom. The summed E-state index contributed by atoms with van der Waals surface area (Å²) in [5.41, 5.74) is 0.225. The number of carboxylic acid groups (broad SMARTS) is 1. The highest BCUT2D eigenvalue weighted by Gasteiger charge is 2.37. The fourth-order valence-corrected chi connectivity index (χ4v) is 4.58. The molecule has 0 radical (unpaired) electrons. The third kappa shape index (κ3) is 5.77. The topological polar surface area (TPSA) is 40.5 Å². The van der Waals surface area contributed by atoms with E-state index in [1.54, 1.807) is 24.3 Å². The first kappa shape index (κ1) is 22.2. The Labute approximate surface area is 177 Å². The molecule has 1 aliphatic heterocycles. The molecule has 3 atom stereocenters. The zero-order valence-electron chi connectivity index (χ0n) is 15.6. The lowest BCUT2D eigenvalue weighted by Crippen LogP contribution is -2.46. The summed E-state index contributed by atoms with van der Waals surface area (Å²) in [6.45, 7) is 1.18. The summed E-state index contributed by atoms with van der Waals surface area (Å²) in [5, 5.41) is 10.3. The van der Waals surface area contributed by atoms with Crippen LogP contribution in [0.15, 0.2) is 42.0 Å². The lowest BCUT2D eigenvalue weighted by Gasteiger charge is -2.43. The molecule has 1 heterocycles. The molecule has 0 bridgehead atoms. The molecule has 1 aromatic carbocycles. The Morgan fingerprint density at radius 3 is 2.66 bits per heavy atom. The molecule has 1 aromatic rings. The van der Waals surface area contributed by atoms with Gasteiger partial charge in [0.15, 0.2) is 0 Å². The van der Waals surface area contributed by atoms with Crippen molar-refractivity contribution in [1.82, 2.24) is 4.90 Å². The molecule has 1 saturated heterocycles. The maximum absolute atomic E-state index is 12.9. The van der Waals surface area contributed by atoms with Gasteiger partial charge in [-0.05, 0) is 61.4 Å². The van der Waals surface area contributed by atoms with Crippen molar-refractivity contribution in [3.8, 4) is 0 Å². The maximum atomic E-state index is 12.9. The van der Waals surface area contributed by atoms with Gasteiger partial charge in [-0.2, -0.15) is 13.2 Å². The van der Waals surface area contributed by atoms with Crippen molar-refractivity contribution in [1.29, 1.82) is 0 Å². The van der Waals surface area contributed by atoms with Gasteiger partial charge in [-0.15, -0.1) is 0 Å². The number of likely N-dealkylation sites (tertiary alicyclic amines) is 1. The average Bonchev–Trinajstić information content (AvgIpc) is 2.65. The summed E-state index contributed by atoms with van der Waals surface area (Å²) in [7, 11) is 0. The molecule has 1 fully saturated rings. The van der Waals surface area contributed by atoms with E-state index in [4.69, 9.17) is 28.3 Å². The van der Waals surface area contributed by atoms with Crippen molar-refractivity contribution in [2.45, 2.75) is 44.4 Å². The number of rotatable bonds is 5. The summed E-state index contributed by atoms with van der Waals surface area (Å²) in [6, 6.07) is 5.16. The predicted octanol–water partition coefficient (Wildman–Crippen LogP) is 6.11. The fourth-order valence-electron chi connectivity index (χ4n) is 4.21. The highest BCUT2D eigenvalue weighted by molar-refractivity contribution is 6.33. The van der Waals surface area contributed by atoms with E-state index in [0.29, 0.717) is 29.6 Å². The van der Waals surface area contributed by atoms with Crippen molar-refractivity contribution in [2.75, 3.05) is 6.54 Å². The number of aliphatic carboxylic acids is 1. The van der Waals surface area contributed by atoms with Crippen LogP contribution in [-0.2, 0) is 11.3 Å². The minimum atomic E-state index is -4.35. The second kappa shape index (κ2) is 9.11. The van der Waals surface area contributed by atoms with Crippen LogP contribution < -0.4 is 0 Å². The van der Waals surface area contributed by atoms with E-state index in [-0.39, 0.29) is 30.7 Å². The number of nitrogens with zero attached hydrogens (tertiary/aromatic N) is 1. The fraction of sp³-hybridized carbons (Fsp3) is 0.476. The molecule has 29 heavy (non-hydrogen) atoms. The van der Waals surface area contributed by atoms with Gasteiger partial charge < -0.3 is 5.11 Å². The Kier molecular flexibility index (Phi) is 6.97. The van der Waals surface area contributed by atoms with E-state index in [2.05, 4.69) is 4.90 Å². The summed E-state index contributed by atoms with van der Waals surface area (Å²) >= 11 is 12.4. The summed E-state index contributed by atoms with van der Waals surface area (Å²) in [5.74, 6) is -0.959. The number of alkyl halides is 3. The van der Waals surface area contributed by atoms with Crippen LogP contribution in [0.4, 0.5) is 13.2 Å². The van der Waals surface area contributed by atoms with Gasteiger partial charge >= 0.3 is 12.1 Å². The Balaban J connectivity index is 1.79. The number of piperidine rings is 1. The molecule has 2 aliphatic rings. The molecule has 1 aliphatic carbocycles. The Bertz CT molecular complexity index is 823. The molecule has 1 N–H and O–H groups in total. The molecular weight excluding hydrogens is 426 g/mol. The first-order valence-corrected chi connectivity index (χ1v) is 10.2. The molecule has 8 heteroatoms. The summed E-state index contributed by atoms with van der Waals surface area (Å²) < 4.78 is 38.8. The molecule has 0 aromatic heterocycles. The van der Waals surface area contributed by atoms with Crippen molar-refractivity contribution < 1.29 is 23.1 Å². The zero-order chi connectivity index (χ0) is 21.2. The van der Waals surface area contributed by atoms with Gasteiger partial charge in [0.1, 0.15) is 0 Å². The van der Waals surface area contributed by atoms with E-state index in [0.717, 1.165) is 18.1 Å². The average molecular weight is 448 g/mol. The van der Waals surface area contributed by atoms with Crippen LogP contribution in [-0.4, -0.2) is 34.7 Å². The quantitative estimate of drug-likeness (QED) is 0.591. The van der Waals surface area contributed by atoms with Gasteiger partial charge in [0, 0.05) is 29.1 Å². The molecular formula is C21H22Cl2F3NO2. The number of allylic oxidation sites excluding steroid dienone is 3. The van der Waals surface area contributed by atoms with Gasteiger partial charge in [-0.1, -0.05) is 41.4 Å². The van der Waals surface area contributed by atoms with E-state index < -0.39 is 17.7 Å². The summed E-state index contributed by atoms with van der Waals surface area (Å²) in [4.78, 5) is 13.4. The minimum absolute atomic E-state index is 0.00461. The third-order valence-corrected chi connectivity index (χ3v) is 6.27. The molecule has 3 rings (SSSR count). The van der Waals surface area contributed by atoms with Crippen LogP contribution in [0.2, 0.25) is 10.0 Å². The van der Waals surface area contributed by atoms with Gasteiger partial charge in [0.25, 0.3) is 0 Å². The van der Waals surface area contributed by atoms with E-state index >= 15 is 0 Å². The number of carbonyl (C=O) groups is 1. The molecule has 0 spiro atoms. The van der Waals surface area contributed by atoms with Crippen LogP contribution in [0.1, 0.15) is 31.2 Å². The molecule has 3 nitrogen and oxygen atoms in total. The highest BCUT2D eigenvalue weighted by atomic mass is 35.5. The van der Waals surface area contributed by atoms with Gasteiger partial charge in [0.05, 0.1) is 5.57 Å². The maximum Gasteiger partial charge on any atom is 0.416 e. The molecule has 0 saturated carbocycles. The SMILES string of the molecule is O=C(O)C[C@H]1CCN(Cc2cc(Cl)ccc2Cl)[C@@H](C2C=CC(C(F)(F)F)=CC2)C1. The molecule has 0 amide bonds. The van der Waals surface area contributed by atoms with Crippen LogP contribution >= 0.6 is 23.2 Å². The largest absolute Gasteiger partial charge is 0.481 e. The molecule has 1 unspecified atom stereocenters. The minimum Gasteiger partial charge on any atom is -0.481 e. The van der Waals surface area contributed by atoms with Gasteiger partial charge in [-0.25, -0.2) is 0 Å². The second-order valence-electron chi connectivity index (χ2n) is 7.68. The lowest BCUT2D eigenvalue weighted by atomic mass is 9.79. The Morgan fingerprint density at radius 2 is 2.03 bits per heavy atom. The van der Waals surface area contributed by atoms with Crippen molar-refractivity contribution in [3.63, 3.8) is 0 Å².